The number of hydrogen-bond donors (Lipinski definition) is 2. The molecule has 2 rings (SSSR count). The second-order valence-corrected chi connectivity index (χ2v) is 4.51. The molecule has 3 N–H and O–H groups in total. The molecule has 112 valence electrons. The Balaban J connectivity index is 2.48. The van der Waals surface area contributed by atoms with Crippen molar-refractivity contribution in [3.63, 3.8) is 0 Å². The lowest BCUT2D eigenvalue weighted by Gasteiger charge is -2.18. The number of benzene rings is 1. The standard InChI is InChI=1S/C14H11ClF3NO2/c15-7-10(12-2-1-5-21-12)8-3-4-11(19)9(6-8)13(20)14(16,17)18/h1-7,13,20H,19H2/b10-7+. The van der Waals surface area contributed by atoms with Gasteiger partial charge in [-0.1, -0.05) is 17.7 Å². The Morgan fingerprint density at radius 3 is 2.57 bits per heavy atom. The van der Waals surface area contributed by atoms with Crippen molar-refractivity contribution in [2.24, 2.45) is 0 Å². The van der Waals surface area contributed by atoms with E-state index < -0.39 is 17.8 Å². The van der Waals surface area contributed by atoms with E-state index in [1.165, 1.54) is 23.9 Å². The summed E-state index contributed by atoms with van der Waals surface area (Å²) in [6.07, 6.45) is -6.05. The van der Waals surface area contributed by atoms with Gasteiger partial charge in [-0.05, 0) is 29.8 Å². The molecule has 1 atom stereocenters. The predicted molar refractivity (Wildman–Crippen MR) is 73.5 cm³/mol. The van der Waals surface area contributed by atoms with E-state index >= 15 is 0 Å². The summed E-state index contributed by atoms with van der Waals surface area (Å²) in [6, 6.07) is 7.16. The molecular weight excluding hydrogens is 307 g/mol. The van der Waals surface area contributed by atoms with Gasteiger partial charge in [-0.2, -0.15) is 13.2 Å². The molecule has 0 radical (unpaired) electrons. The number of aliphatic hydroxyl groups excluding tert-OH is 1. The molecule has 3 nitrogen and oxygen atoms in total. The minimum atomic E-state index is -4.80. The van der Waals surface area contributed by atoms with Crippen molar-refractivity contribution < 1.29 is 22.7 Å². The first-order valence-corrected chi connectivity index (χ1v) is 6.27. The molecule has 0 aliphatic heterocycles. The van der Waals surface area contributed by atoms with Crippen molar-refractivity contribution in [3.05, 3.63) is 59.0 Å². The molecule has 0 saturated heterocycles. The summed E-state index contributed by atoms with van der Waals surface area (Å²) in [4.78, 5) is 0. The monoisotopic (exact) mass is 317 g/mol. The first-order valence-electron chi connectivity index (χ1n) is 5.83. The quantitative estimate of drug-likeness (QED) is 0.838. The molecule has 1 aromatic heterocycles. The van der Waals surface area contributed by atoms with Crippen molar-refractivity contribution in [1.29, 1.82) is 0 Å². The third kappa shape index (κ3) is 3.22. The van der Waals surface area contributed by atoms with Crippen LogP contribution in [0.2, 0.25) is 0 Å². The summed E-state index contributed by atoms with van der Waals surface area (Å²) in [6.45, 7) is 0. The van der Waals surface area contributed by atoms with Gasteiger partial charge in [0.1, 0.15) is 5.76 Å². The lowest BCUT2D eigenvalue weighted by Crippen LogP contribution is -2.21. The summed E-state index contributed by atoms with van der Waals surface area (Å²) in [7, 11) is 0. The Kier molecular flexibility index (Phi) is 4.29. The van der Waals surface area contributed by atoms with Crippen LogP contribution in [0.3, 0.4) is 0 Å². The summed E-state index contributed by atoms with van der Waals surface area (Å²) in [5.74, 6) is 0.391. The average molecular weight is 318 g/mol. The van der Waals surface area contributed by atoms with Gasteiger partial charge in [-0.3, -0.25) is 0 Å². The highest BCUT2D eigenvalue weighted by molar-refractivity contribution is 6.29. The van der Waals surface area contributed by atoms with Crippen LogP contribution in [0.5, 0.6) is 0 Å². The van der Waals surface area contributed by atoms with Crippen LogP contribution in [-0.4, -0.2) is 11.3 Å². The zero-order valence-corrected chi connectivity index (χ0v) is 11.3. The molecule has 0 bridgehead atoms. The number of hydrogen-bond acceptors (Lipinski definition) is 3. The highest BCUT2D eigenvalue weighted by Gasteiger charge is 2.40. The fourth-order valence-electron chi connectivity index (χ4n) is 1.85. The Morgan fingerprint density at radius 1 is 1.33 bits per heavy atom. The fourth-order valence-corrected chi connectivity index (χ4v) is 2.08. The second kappa shape index (κ2) is 5.83. The van der Waals surface area contributed by atoms with Gasteiger partial charge < -0.3 is 15.3 Å². The number of alkyl halides is 3. The van der Waals surface area contributed by atoms with E-state index in [0.29, 0.717) is 16.9 Å². The average Bonchev–Trinajstić information content (AvgIpc) is 2.93. The predicted octanol–water partition coefficient (Wildman–Crippen LogP) is 4.09. The van der Waals surface area contributed by atoms with E-state index in [2.05, 4.69) is 0 Å². The van der Waals surface area contributed by atoms with Crippen molar-refractivity contribution in [1.82, 2.24) is 0 Å². The third-order valence-electron chi connectivity index (χ3n) is 2.90. The number of aliphatic hydroxyl groups is 1. The number of halogens is 4. The van der Waals surface area contributed by atoms with Gasteiger partial charge in [0.25, 0.3) is 0 Å². The van der Waals surface area contributed by atoms with E-state index in [0.717, 1.165) is 6.07 Å². The summed E-state index contributed by atoms with van der Waals surface area (Å²) >= 11 is 5.72. The molecule has 0 fully saturated rings. The summed E-state index contributed by atoms with van der Waals surface area (Å²) in [5.41, 5.74) is 6.86. The number of furan rings is 1. The second-order valence-electron chi connectivity index (χ2n) is 4.29. The van der Waals surface area contributed by atoms with Gasteiger partial charge in [-0.25, -0.2) is 0 Å². The SMILES string of the molecule is Nc1ccc(/C(=C\Cl)c2ccco2)cc1C(O)C(F)(F)F. The van der Waals surface area contributed by atoms with E-state index in [-0.39, 0.29) is 5.69 Å². The molecule has 1 aromatic carbocycles. The fraction of sp³-hybridized carbons (Fsp3) is 0.143. The Bertz CT molecular complexity index is 651. The Labute approximate surface area is 123 Å². The van der Waals surface area contributed by atoms with Crippen LogP contribution in [0.25, 0.3) is 5.57 Å². The maximum absolute atomic E-state index is 12.6. The van der Waals surface area contributed by atoms with Crippen LogP contribution in [0.15, 0.2) is 46.5 Å². The normalized spacial score (nSPS) is 14.2. The van der Waals surface area contributed by atoms with Crippen LogP contribution in [0.1, 0.15) is 23.0 Å². The highest BCUT2D eigenvalue weighted by atomic mass is 35.5. The van der Waals surface area contributed by atoms with Crippen molar-refractivity contribution in [3.8, 4) is 0 Å². The molecule has 0 aliphatic rings. The van der Waals surface area contributed by atoms with Crippen molar-refractivity contribution in [2.45, 2.75) is 12.3 Å². The minimum Gasteiger partial charge on any atom is -0.464 e. The molecule has 1 heterocycles. The van der Waals surface area contributed by atoms with Gasteiger partial charge in [0, 0.05) is 22.4 Å². The molecule has 21 heavy (non-hydrogen) atoms. The molecule has 0 aliphatic carbocycles. The van der Waals surface area contributed by atoms with Gasteiger partial charge in [0.15, 0.2) is 6.10 Å². The van der Waals surface area contributed by atoms with Gasteiger partial charge in [0.2, 0.25) is 0 Å². The molecular formula is C14H11ClF3NO2. The zero-order valence-electron chi connectivity index (χ0n) is 10.6. The van der Waals surface area contributed by atoms with E-state index in [1.807, 2.05) is 0 Å². The van der Waals surface area contributed by atoms with Crippen LogP contribution >= 0.6 is 11.6 Å². The smallest absolute Gasteiger partial charge is 0.418 e. The number of anilines is 1. The summed E-state index contributed by atoms with van der Waals surface area (Å²) in [5, 5.41) is 9.37. The largest absolute Gasteiger partial charge is 0.464 e. The maximum atomic E-state index is 12.6. The molecule has 2 aromatic rings. The van der Waals surface area contributed by atoms with Gasteiger partial charge in [-0.15, -0.1) is 0 Å². The highest BCUT2D eigenvalue weighted by Crippen LogP contribution is 2.37. The minimum absolute atomic E-state index is 0.156. The lowest BCUT2D eigenvalue weighted by atomic mass is 9.98. The Hall–Kier alpha value is -1.92. The van der Waals surface area contributed by atoms with E-state index in [1.54, 1.807) is 12.1 Å². The van der Waals surface area contributed by atoms with Crippen LogP contribution < -0.4 is 5.73 Å². The van der Waals surface area contributed by atoms with Crippen molar-refractivity contribution >= 4 is 22.9 Å². The molecule has 7 heteroatoms. The number of rotatable bonds is 3. The van der Waals surface area contributed by atoms with Crippen LogP contribution in [-0.2, 0) is 0 Å². The first kappa shape index (κ1) is 15.5. The van der Waals surface area contributed by atoms with Gasteiger partial charge >= 0.3 is 6.18 Å². The van der Waals surface area contributed by atoms with Gasteiger partial charge in [0.05, 0.1) is 6.26 Å². The lowest BCUT2D eigenvalue weighted by molar-refractivity contribution is -0.206. The topological polar surface area (TPSA) is 59.4 Å². The molecule has 0 spiro atoms. The zero-order chi connectivity index (χ0) is 15.6. The maximum Gasteiger partial charge on any atom is 0.418 e. The number of nitrogen functional groups attached to an aromatic ring is 1. The molecule has 0 amide bonds. The summed E-state index contributed by atoms with van der Waals surface area (Å²) < 4.78 is 43.1. The van der Waals surface area contributed by atoms with Crippen LogP contribution in [0.4, 0.5) is 18.9 Å². The first-order chi connectivity index (χ1) is 9.84. The number of nitrogens with two attached hydrogens (primary N) is 1. The van der Waals surface area contributed by atoms with Crippen LogP contribution in [0, 0.1) is 0 Å². The van der Waals surface area contributed by atoms with Crippen molar-refractivity contribution in [2.75, 3.05) is 5.73 Å². The molecule has 0 saturated carbocycles. The Morgan fingerprint density at radius 2 is 2.05 bits per heavy atom. The van der Waals surface area contributed by atoms with E-state index in [4.69, 9.17) is 21.8 Å². The van der Waals surface area contributed by atoms with E-state index in [9.17, 15) is 18.3 Å². The third-order valence-corrected chi connectivity index (χ3v) is 3.12. The molecule has 1 unspecified atom stereocenters.